The first kappa shape index (κ1) is 25.0. The maximum Gasteiger partial charge on any atom is 0.340 e. The Hall–Kier alpha value is -1.11. The van der Waals surface area contributed by atoms with Crippen LogP contribution in [0.1, 0.15) is 31.7 Å². The number of rotatable bonds is 9. The maximum atomic E-state index is 11.8. The van der Waals surface area contributed by atoms with Crippen LogP contribution in [-0.2, 0) is 18.4 Å². The maximum absolute atomic E-state index is 11.8. The Morgan fingerprint density at radius 1 is 1.33 bits per heavy atom. The second kappa shape index (κ2) is 8.83. The van der Waals surface area contributed by atoms with Crippen molar-refractivity contribution < 1.29 is 43.3 Å². The van der Waals surface area contributed by atoms with Crippen LogP contribution in [0.2, 0.25) is 5.15 Å². The Bertz CT molecular complexity index is 1140. The largest absolute Gasteiger partial charge is 0.387 e. The highest BCUT2D eigenvalue weighted by atomic mass is 35.5. The predicted molar refractivity (Wildman–Crippen MR) is 116 cm³/mol. The van der Waals surface area contributed by atoms with E-state index in [1.807, 2.05) is 0 Å². The molecule has 184 valence electrons. The van der Waals surface area contributed by atoms with Crippen molar-refractivity contribution in [2.75, 3.05) is 30.5 Å². The summed E-state index contributed by atoms with van der Waals surface area (Å²) >= 11 is 6.21. The number of hydrogen-bond donors (Lipinski definition) is 5. The monoisotopic (exact) mass is 526 g/mol. The lowest BCUT2D eigenvalue weighted by Crippen LogP contribution is -2.38. The zero-order chi connectivity index (χ0) is 24.2. The minimum atomic E-state index is -4.78. The number of anilines is 1. The second-order valence-electron chi connectivity index (χ2n) is 8.37. The van der Waals surface area contributed by atoms with Crippen molar-refractivity contribution in [1.29, 1.82) is 0 Å². The van der Waals surface area contributed by atoms with Gasteiger partial charge in [0.1, 0.15) is 11.6 Å². The Kier molecular flexibility index (Phi) is 6.69. The van der Waals surface area contributed by atoms with Crippen LogP contribution < -0.4 is 4.90 Å². The van der Waals surface area contributed by atoms with Crippen LogP contribution >= 0.6 is 26.8 Å². The van der Waals surface area contributed by atoms with E-state index in [1.54, 1.807) is 12.3 Å². The zero-order valence-corrected chi connectivity index (χ0v) is 20.1. The standard InChI is InChI=1S/C17H25ClN4O9P2/c1-10(8-30-33(28,29)9-32(25,26)27)14(23)17(24)15(31-17)16-19-7-12-11(21-4-2-3-5-21)6-13(18)20-22(12)16/h6-7,10,14-15,23-24H,2-5,8-9H2,1H3,(H,28,29)(H2,25,26,27)/t10-,14+,15+,17-/m1/s1. The lowest BCUT2D eigenvalue weighted by atomic mass is 9.98. The highest BCUT2D eigenvalue weighted by Gasteiger charge is 2.64. The molecule has 2 fully saturated rings. The summed E-state index contributed by atoms with van der Waals surface area (Å²) in [5.41, 5.74) is 1.51. The summed E-state index contributed by atoms with van der Waals surface area (Å²) in [6.07, 6.45) is 1.07. The molecule has 2 aliphatic heterocycles. The fourth-order valence-electron chi connectivity index (χ4n) is 3.96. The van der Waals surface area contributed by atoms with Crippen molar-refractivity contribution in [2.24, 2.45) is 5.92 Å². The lowest BCUT2D eigenvalue weighted by molar-refractivity contribution is -0.0993. The van der Waals surface area contributed by atoms with Crippen molar-refractivity contribution in [2.45, 2.75) is 37.8 Å². The SMILES string of the molecule is C[C@H](COP(=O)(O)CP(=O)(O)O)[C@H](O)[C@@]1(O)O[C@H]1c1ncc2c(N3CCCC3)cc(Cl)nn12. The molecule has 5 atom stereocenters. The zero-order valence-electron chi connectivity index (χ0n) is 17.6. The molecule has 0 radical (unpaired) electrons. The topological polar surface area (TPSA) is 190 Å². The van der Waals surface area contributed by atoms with Gasteiger partial charge in [-0.25, -0.2) is 9.50 Å². The first-order chi connectivity index (χ1) is 15.3. The van der Waals surface area contributed by atoms with E-state index < -0.39 is 51.6 Å². The van der Waals surface area contributed by atoms with E-state index in [1.165, 1.54) is 11.4 Å². The Balaban J connectivity index is 1.49. The van der Waals surface area contributed by atoms with Gasteiger partial charge in [-0.3, -0.25) is 9.13 Å². The summed E-state index contributed by atoms with van der Waals surface area (Å²) in [5.74, 6) is -4.13. The lowest BCUT2D eigenvalue weighted by Gasteiger charge is -2.23. The molecule has 2 saturated heterocycles. The molecule has 2 aromatic heterocycles. The molecule has 4 rings (SSSR count). The summed E-state index contributed by atoms with van der Waals surface area (Å²) in [7, 11) is -9.38. The van der Waals surface area contributed by atoms with Gasteiger partial charge in [0.15, 0.2) is 23.0 Å². The fraction of sp³-hybridized carbons (Fsp3) is 0.647. The first-order valence-electron chi connectivity index (χ1n) is 10.2. The van der Waals surface area contributed by atoms with E-state index in [2.05, 4.69) is 15.0 Å². The second-order valence-corrected chi connectivity index (χ2v) is 12.8. The summed E-state index contributed by atoms with van der Waals surface area (Å²) < 4.78 is 34.3. The number of halogens is 1. The van der Waals surface area contributed by atoms with E-state index >= 15 is 0 Å². The predicted octanol–water partition coefficient (Wildman–Crippen LogP) is 1.08. The van der Waals surface area contributed by atoms with Crippen LogP contribution in [0.4, 0.5) is 5.69 Å². The molecular weight excluding hydrogens is 502 g/mol. The van der Waals surface area contributed by atoms with Gasteiger partial charge in [0.2, 0.25) is 5.79 Å². The summed E-state index contributed by atoms with van der Waals surface area (Å²) in [4.78, 5) is 33.8. The molecule has 5 N–H and O–H groups in total. The van der Waals surface area contributed by atoms with Crippen LogP contribution in [0.15, 0.2) is 12.3 Å². The van der Waals surface area contributed by atoms with Crippen LogP contribution in [0.5, 0.6) is 0 Å². The van der Waals surface area contributed by atoms with Gasteiger partial charge in [-0.05, 0) is 12.8 Å². The van der Waals surface area contributed by atoms with Gasteiger partial charge in [0.25, 0.3) is 0 Å². The van der Waals surface area contributed by atoms with Gasteiger partial charge < -0.3 is 39.1 Å². The molecule has 16 heteroatoms. The summed E-state index contributed by atoms with van der Waals surface area (Å²) in [6.45, 7) is 2.60. The third-order valence-electron chi connectivity index (χ3n) is 5.65. The number of fused-ring (bicyclic) bond motifs is 1. The van der Waals surface area contributed by atoms with Crippen LogP contribution in [-0.4, -0.2) is 77.0 Å². The van der Waals surface area contributed by atoms with Gasteiger partial charge >= 0.3 is 15.2 Å². The molecule has 33 heavy (non-hydrogen) atoms. The smallest absolute Gasteiger partial charge is 0.340 e. The minimum absolute atomic E-state index is 0.219. The van der Waals surface area contributed by atoms with E-state index in [0.717, 1.165) is 31.6 Å². The number of imidazole rings is 1. The van der Waals surface area contributed by atoms with Gasteiger partial charge in [-0.1, -0.05) is 18.5 Å². The number of epoxide rings is 1. The quantitative estimate of drug-likeness (QED) is 0.231. The number of aromatic nitrogens is 3. The molecule has 0 amide bonds. The van der Waals surface area contributed by atoms with Gasteiger partial charge in [0, 0.05) is 25.1 Å². The fourth-order valence-corrected chi connectivity index (χ4v) is 6.80. The summed E-state index contributed by atoms with van der Waals surface area (Å²) in [6, 6.07) is 1.74. The highest BCUT2D eigenvalue weighted by Crippen LogP contribution is 2.56. The number of ether oxygens (including phenoxy) is 1. The van der Waals surface area contributed by atoms with Crippen LogP contribution in [0, 0.1) is 5.92 Å². The number of aliphatic hydroxyl groups excluding tert-OH is 1. The Labute approximate surface area is 193 Å². The van der Waals surface area contributed by atoms with Gasteiger partial charge in [0.05, 0.1) is 18.5 Å². The third-order valence-corrected chi connectivity index (χ3v) is 9.29. The molecule has 1 unspecified atom stereocenters. The summed E-state index contributed by atoms with van der Waals surface area (Å²) in [5, 5.41) is 25.9. The van der Waals surface area contributed by atoms with E-state index in [4.69, 9.17) is 30.6 Å². The molecule has 2 aromatic rings. The molecule has 13 nitrogen and oxygen atoms in total. The normalized spacial score (nSPS) is 27.0. The van der Waals surface area contributed by atoms with Crippen LogP contribution in [0.3, 0.4) is 0 Å². The number of hydrogen-bond acceptors (Lipinski definition) is 9. The highest BCUT2D eigenvalue weighted by molar-refractivity contribution is 7.70. The number of aliphatic hydroxyl groups is 2. The van der Waals surface area contributed by atoms with Crippen molar-refractivity contribution >= 4 is 38.0 Å². The molecule has 4 heterocycles. The molecule has 0 aromatic carbocycles. The molecule has 2 aliphatic rings. The van der Waals surface area contributed by atoms with E-state index in [-0.39, 0.29) is 11.0 Å². The molecule has 0 saturated carbocycles. The third kappa shape index (κ3) is 5.28. The van der Waals surface area contributed by atoms with Crippen molar-refractivity contribution in [1.82, 2.24) is 14.6 Å². The Morgan fingerprint density at radius 2 is 2.00 bits per heavy atom. The molecule has 0 bridgehead atoms. The molecule has 0 spiro atoms. The van der Waals surface area contributed by atoms with Crippen molar-refractivity contribution in [3.63, 3.8) is 0 Å². The first-order valence-corrected chi connectivity index (χ1v) is 14.1. The molecular formula is C17H25ClN4O9P2. The van der Waals surface area contributed by atoms with E-state index in [0.29, 0.717) is 5.52 Å². The van der Waals surface area contributed by atoms with Gasteiger partial charge in [-0.15, -0.1) is 0 Å². The Morgan fingerprint density at radius 3 is 2.64 bits per heavy atom. The van der Waals surface area contributed by atoms with Crippen molar-refractivity contribution in [3.05, 3.63) is 23.2 Å². The van der Waals surface area contributed by atoms with Gasteiger partial charge in [-0.2, -0.15) is 5.10 Å². The average Bonchev–Trinajstić information content (AvgIpc) is 3.09. The molecule has 0 aliphatic carbocycles. The minimum Gasteiger partial charge on any atom is -0.387 e. The van der Waals surface area contributed by atoms with Crippen LogP contribution in [0.25, 0.3) is 5.52 Å². The average molecular weight is 527 g/mol. The van der Waals surface area contributed by atoms with E-state index in [9.17, 15) is 24.2 Å². The number of nitrogens with zero attached hydrogens (tertiary/aromatic N) is 4. The van der Waals surface area contributed by atoms with Crippen molar-refractivity contribution in [3.8, 4) is 0 Å².